The van der Waals surface area contributed by atoms with Crippen molar-refractivity contribution in [1.29, 1.82) is 0 Å². The molecule has 1 aliphatic rings. The predicted octanol–water partition coefficient (Wildman–Crippen LogP) is 3.07. The fraction of sp³-hybridized carbons (Fsp3) is 0.875. The Morgan fingerprint density at radius 2 is 1.70 bits per heavy atom. The van der Waals surface area contributed by atoms with Crippen molar-refractivity contribution in [3.05, 3.63) is 12.7 Å². The molecule has 0 heterocycles. The van der Waals surface area contributed by atoms with E-state index in [0.29, 0.717) is 5.92 Å². The van der Waals surface area contributed by atoms with Gasteiger partial charge in [-0.3, -0.25) is 0 Å². The standard InChI is InChI=1S/C7H13N.CH4.Pt/c1-6-4-2-3-5-7(6)8;;/h6-8H,1-5H2;1H4;/q-2;;+2/t6-,7-;;/m1../s1. The van der Waals surface area contributed by atoms with E-state index in [1.165, 1.54) is 19.3 Å². The van der Waals surface area contributed by atoms with Crippen LogP contribution in [-0.4, -0.2) is 6.04 Å². The summed E-state index contributed by atoms with van der Waals surface area (Å²) in [4.78, 5) is 0. The summed E-state index contributed by atoms with van der Waals surface area (Å²) in [6.07, 6.45) is 4.80. The van der Waals surface area contributed by atoms with Crippen LogP contribution in [0, 0.1) is 12.8 Å². The van der Waals surface area contributed by atoms with Gasteiger partial charge in [0.05, 0.1) is 0 Å². The zero-order chi connectivity index (χ0) is 5.98. The monoisotopic (exact) mass is 322 g/mol. The maximum atomic E-state index is 7.42. The van der Waals surface area contributed by atoms with Gasteiger partial charge in [0.15, 0.2) is 0 Å². The molecule has 0 amide bonds. The number of rotatable bonds is 0. The fourth-order valence-electron chi connectivity index (χ4n) is 1.21. The van der Waals surface area contributed by atoms with E-state index in [0.717, 1.165) is 6.42 Å². The first-order valence-corrected chi connectivity index (χ1v) is 3.35. The maximum Gasteiger partial charge on any atom is 2.00 e. The summed E-state index contributed by atoms with van der Waals surface area (Å²) >= 11 is 0. The molecule has 64 valence electrons. The van der Waals surface area contributed by atoms with Crippen LogP contribution in [0.2, 0.25) is 0 Å². The Morgan fingerprint density at radius 3 is 2.00 bits per heavy atom. The van der Waals surface area contributed by atoms with E-state index in [1.54, 1.807) is 0 Å². The van der Waals surface area contributed by atoms with Gasteiger partial charge in [0.25, 0.3) is 0 Å². The van der Waals surface area contributed by atoms with Crippen molar-refractivity contribution < 1.29 is 21.1 Å². The first-order valence-electron chi connectivity index (χ1n) is 3.35. The Labute approximate surface area is 79.0 Å². The first-order chi connectivity index (χ1) is 3.80. The minimum Gasteiger partial charge on any atom is -0.677 e. The molecule has 0 bridgehead atoms. The van der Waals surface area contributed by atoms with Crippen molar-refractivity contribution in [2.24, 2.45) is 5.92 Å². The molecule has 0 aromatic heterocycles. The second-order valence-corrected chi connectivity index (χ2v) is 2.65. The summed E-state index contributed by atoms with van der Waals surface area (Å²) in [5, 5.41) is 0. The van der Waals surface area contributed by atoms with Gasteiger partial charge in [-0.25, -0.2) is 0 Å². The van der Waals surface area contributed by atoms with Gasteiger partial charge in [-0.1, -0.05) is 33.1 Å². The molecule has 1 rings (SSSR count). The average Bonchev–Trinajstić information content (AvgIpc) is 1.77. The number of nitrogens with one attached hydrogen (secondary N) is 1. The van der Waals surface area contributed by atoms with Crippen molar-refractivity contribution in [3.8, 4) is 0 Å². The van der Waals surface area contributed by atoms with Crippen LogP contribution in [-0.2, 0) is 21.1 Å². The van der Waals surface area contributed by atoms with Crippen LogP contribution in [0.15, 0.2) is 0 Å². The van der Waals surface area contributed by atoms with Gasteiger partial charge in [0.2, 0.25) is 0 Å². The quantitative estimate of drug-likeness (QED) is 0.612. The molecular weight excluding hydrogens is 305 g/mol. The molecular formula is C8H17NPt. The third-order valence-electron chi connectivity index (χ3n) is 1.91. The zero-order valence-electron chi connectivity index (χ0n) is 5.51. The van der Waals surface area contributed by atoms with Crippen LogP contribution in [0.4, 0.5) is 0 Å². The van der Waals surface area contributed by atoms with Crippen molar-refractivity contribution >= 4 is 0 Å². The van der Waals surface area contributed by atoms with Crippen LogP contribution in [0.25, 0.3) is 5.73 Å². The van der Waals surface area contributed by atoms with Crippen LogP contribution in [0.3, 0.4) is 0 Å². The molecule has 2 atom stereocenters. The molecule has 1 aliphatic carbocycles. The molecule has 1 nitrogen and oxygen atoms in total. The third kappa shape index (κ3) is 3.73. The van der Waals surface area contributed by atoms with Crippen molar-refractivity contribution in [2.75, 3.05) is 0 Å². The summed E-state index contributed by atoms with van der Waals surface area (Å²) in [7, 11) is 0. The van der Waals surface area contributed by atoms with Gasteiger partial charge < -0.3 is 12.7 Å². The van der Waals surface area contributed by atoms with E-state index >= 15 is 0 Å². The van der Waals surface area contributed by atoms with E-state index in [4.69, 9.17) is 5.73 Å². The topological polar surface area (TPSA) is 23.8 Å². The summed E-state index contributed by atoms with van der Waals surface area (Å²) in [6.45, 7) is 3.89. The smallest absolute Gasteiger partial charge is 0.677 e. The van der Waals surface area contributed by atoms with E-state index in [-0.39, 0.29) is 34.5 Å². The number of hydrogen-bond donors (Lipinski definition) is 0. The van der Waals surface area contributed by atoms with E-state index in [9.17, 15) is 0 Å². The summed E-state index contributed by atoms with van der Waals surface area (Å²) in [6, 6.07) is 0.142. The van der Waals surface area contributed by atoms with Crippen LogP contribution < -0.4 is 0 Å². The maximum absolute atomic E-state index is 7.42. The van der Waals surface area contributed by atoms with Crippen molar-refractivity contribution in [2.45, 2.75) is 39.2 Å². The van der Waals surface area contributed by atoms with Gasteiger partial charge >= 0.3 is 21.1 Å². The molecule has 0 aliphatic heterocycles. The third-order valence-corrected chi connectivity index (χ3v) is 1.91. The Bertz CT molecular complexity index is 65.7. The first kappa shape index (κ1) is 13.3. The molecule has 0 unspecified atom stereocenters. The van der Waals surface area contributed by atoms with E-state index in [2.05, 4.69) is 6.92 Å². The fourth-order valence-corrected chi connectivity index (χ4v) is 1.21. The molecule has 1 saturated carbocycles. The van der Waals surface area contributed by atoms with Crippen LogP contribution in [0.1, 0.15) is 33.1 Å². The normalized spacial score (nSPS) is 31.8. The van der Waals surface area contributed by atoms with Gasteiger partial charge in [0, 0.05) is 0 Å². The van der Waals surface area contributed by atoms with Gasteiger partial charge in [-0.2, -0.15) is 12.0 Å². The Kier molecular flexibility index (Phi) is 8.43. The largest absolute Gasteiger partial charge is 2.00 e. The SMILES string of the molecule is C.[CH2-][C@@H]1CCCC[C@H]1[NH-].[Pt+2]. The molecule has 0 aromatic carbocycles. The molecule has 2 heteroatoms. The summed E-state index contributed by atoms with van der Waals surface area (Å²) < 4.78 is 0. The molecule has 1 N–H and O–H groups in total. The second-order valence-electron chi connectivity index (χ2n) is 2.65. The van der Waals surface area contributed by atoms with E-state index < -0.39 is 0 Å². The minimum absolute atomic E-state index is 0. The molecule has 0 spiro atoms. The Hall–Kier alpha value is 0.648. The van der Waals surface area contributed by atoms with Crippen molar-refractivity contribution in [3.63, 3.8) is 0 Å². The Morgan fingerprint density at radius 1 is 1.20 bits per heavy atom. The van der Waals surface area contributed by atoms with Gasteiger partial charge in [-0.15, -0.1) is 0 Å². The van der Waals surface area contributed by atoms with Gasteiger partial charge in [0.1, 0.15) is 0 Å². The zero-order valence-corrected chi connectivity index (χ0v) is 7.78. The minimum atomic E-state index is 0. The average molecular weight is 322 g/mol. The summed E-state index contributed by atoms with van der Waals surface area (Å²) in [5.41, 5.74) is 7.42. The predicted molar refractivity (Wildman–Crippen MR) is 42.2 cm³/mol. The molecule has 0 radical (unpaired) electrons. The van der Waals surface area contributed by atoms with Gasteiger partial charge in [-0.05, 0) is 0 Å². The molecule has 1 fully saturated rings. The molecule has 0 aromatic rings. The Balaban J connectivity index is 0. The number of hydrogen-bond acceptors (Lipinski definition) is 0. The second kappa shape index (κ2) is 6.36. The van der Waals surface area contributed by atoms with Crippen LogP contribution in [0.5, 0.6) is 0 Å². The summed E-state index contributed by atoms with van der Waals surface area (Å²) in [5.74, 6) is 0.420. The molecule has 0 saturated heterocycles. The van der Waals surface area contributed by atoms with E-state index in [1.807, 2.05) is 0 Å². The molecule has 10 heavy (non-hydrogen) atoms. The van der Waals surface area contributed by atoms with Crippen LogP contribution >= 0.6 is 0 Å². The van der Waals surface area contributed by atoms with Crippen molar-refractivity contribution in [1.82, 2.24) is 0 Å².